The topological polar surface area (TPSA) is 64.2 Å². The molecule has 2 atom stereocenters. The predicted octanol–water partition coefficient (Wildman–Crippen LogP) is 0.431. The Balaban J connectivity index is 2.35. The molecule has 0 saturated carbocycles. The molecule has 1 amide bonds. The monoisotopic (exact) mass is 222 g/mol. The lowest BCUT2D eigenvalue weighted by Gasteiger charge is -2.30. The van der Waals surface area contributed by atoms with Gasteiger partial charge in [0.1, 0.15) is 0 Å². The minimum atomic E-state index is -0.0532. The number of carbonyl (C=O) groups is 1. The van der Waals surface area contributed by atoms with Gasteiger partial charge in [-0.05, 0) is 18.9 Å². The molecule has 2 rings (SSSR count). The van der Waals surface area contributed by atoms with Crippen LogP contribution in [0.25, 0.3) is 0 Å². The highest BCUT2D eigenvalue weighted by Gasteiger charge is 2.31. The van der Waals surface area contributed by atoms with Crippen LogP contribution in [0.3, 0.4) is 0 Å². The maximum Gasteiger partial charge on any atom is 0.222 e. The lowest BCUT2D eigenvalue weighted by atomic mass is 10.0. The Morgan fingerprint density at radius 2 is 2.25 bits per heavy atom. The number of aryl methyl sites for hydroxylation is 1. The summed E-state index contributed by atoms with van der Waals surface area (Å²) in [4.78, 5) is 13.6. The predicted molar refractivity (Wildman–Crippen MR) is 60.5 cm³/mol. The minimum Gasteiger partial charge on any atom is -0.336 e. The Hall–Kier alpha value is -1.36. The Morgan fingerprint density at radius 3 is 2.88 bits per heavy atom. The van der Waals surface area contributed by atoms with Crippen LogP contribution in [0.2, 0.25) is 0 Å². The van der Waals surface area contributed by atoms with Crippen molar-refractivity contribution >= 4 is 5.91 Å². The molecule has 2 N–H and O–H groups in total. The molecule has 1 aliphatic heterocycles. The molecule has 0 aliphatic carbocycles. The number of likely N-dealkylation sites (N-methyl/N-ethyl adjacent to an activating group) is 1. The van der Waals surface area contributed by atoms with E-state index in [2.05, 4.69) is 5.10 Å². The molecule has 16 heavy (non-hydrogen) atoms. The second-order valence-corrected chi connectivity index (χ2v) is 4.39. The van der Waals surface area contributed by atoms with Crippen LogP contribution in [0, 0.1) is 0 Å². The van der Waals surface area contributed by atoms with Gasteiger partial charge in [-0.3, -0.25) is 9.48 Å². The lowest BCUT2D eigenvalue weighted by molar-refractivity contribution is -0.131. The van der Waals surface area contributed by atoms with E-state index in [0.29, 0.717) is 6.42 Å². The molecule has 5 nitrogen and oxygen atoms in total. The maximum absolute atomic E-state index is 11.8. The van der Waals surface area contributed by atoms with Crippen LogP contribution in [0.5, 0.6) is 0 Å². The first kappa shape index (κ1) is 11.1. The van der Waals surface area contributed by atoms with Gasteiger partial charge in [-0.15, -0.1) is 0 Å². The fourth-order valence-corrected chi connectivity index (χ4v) is 2.36. The molecule has 2 unspecified atom stereocenters. The summed E-state index contributed by atoms with van der Waals surface area (Å²) < 4.78 is 1.79. The van der Waals surface area contributed by atoms with E-state index in [4.69, 9.17) is 5.73 Å². The van der Waals surface area contributed by atoms with Crippen molar-refractivity contribution < 1.29 is 4.79 Å². The van der Waals surface area contributed by atoms with E-state index in [0.717, 1.165) is 18.5 Å². The summed E-state index contributed by atoms with van der Waals surface area (Å²) in [6.07, 6.45) is 4.09. The van der Waals surface area contributed by atoms with Crippen LogP contribution in [-0.4, -0.2) is 33.7 Å². The number of hydrogen-bond donors (Lipinski definition) is 1. The van der Waals surface area contributed by atoms with Crippen LogP contribution in [0.4, 0.5) is 0 Å². The molecule has 1 aromatic rings. The smallest absolute Gasteiger partial charge is 0.222 e. The zero-order valence-corrected chi connectivity index (χ0v) is 9.76. The van der Waals surface area contributed by atoms with Gasteiger partial charge in [0.25, 0.3) is 0 Å². The minimum absolute atomic E-state index is 0.00755. The number of amides is 1. The van der Waals surface area contributed by atoms with Crippen LogP contribution < -0.4 is 5.73 Å². The van der Waals surface area contributed by atoms with E-state index in [1.54, 1.807) is 15.8 Å². The van der Waals surface area contributed by atoms with Gasteiger partial charge in [-0.25, -0.2) is 0 Å². The van der Waals surface area contributed by atoms with Gasteiger partial charge in [0.15, 0.2) is 0 Å². The van der Waals surface area contributed by atoms with Crippen molar-refractivity contribution in [3.8, 4) is 0 Å². The third-order valence-electron chi connectivity index (χ3n) is 3.31. The van der Waals surface area contributed by atoms with Crippen molar-refractivity contribution in [1.82, 2.24) is 14.7 Å². The summed E-state index contributed by atoms with van der Waals surface area (Å²) in [5, 5.41) is 4.14. The molecule has 0 spiro atoms. The Kier molecular flexibility index (Phi) is 2.96. The van der Waals surface area contributed by atoms with E-state index in [9.17, 15) is 4.79 Å². The molecule has 0 bridgehead atoms. The van der Waals surface area contributed by atoms with E-state index in [-0.39, 0.29) is 18.0 Å². The number of rotatable bonds is 1. The summed E-state index contributed by atoms with van der Waals surface area (Å²) in [6, 6.07) is 1.87. The van der Waals surface area contributed by atoms with Gasteiger partial charge in [-0.1, -0.05) is 0 Å². The average molecular weight is 222 g/mol. The van der Waals surface area contributed by atoms with E-state index < -0.39 is 0 Å². The molecular weight excluding hydrogens is 204 g/mol. The molecule has 88 valence electrons. The normalized spacial score (nSPS) is 26.9. The first-order valence-corrected chi connectivity index (χ1v) is 5.60. The number of aromatic nitrogens is 2. The summed E-state index contributed by atoms with van der Waals surface area (Å²) in [6.45, 7) is 0. The zero-order chi connectivity index (χ0) is 11.7. The van der Waals surface area contributed by atoms with Crippen molar-refractivity contribution in [2.24, 2.45) is 12.8 Å². The average Bonchev–Trinajstić information content (AvgIpc) is 2.60. The fourth-order valence-electron chi connectivity index (χ4n) is 2.36. The van der Waals surface area contributed by atoms with Gasteiger partial charge in [0.05, 0.1) is 11.7 Å². The molecule has 0 aromatic carbocycles. The first-order valence-electron chi connectivity index (χ1n) is 5.60. The van der Waals surface area contributed by atoms with Crippen molar-refractivity contribution in [1.29, 1.82) is 0 Å². The highest BCUT2D eigenvalue weighted by atomic mass is 16.2. The second kappa shape index (κ2) is 4.25. The number of nitrogens with two attached hydrogens (primary N) is 1. The number of likely N-dealkylation sites (tertiary alicyclic amines) is 1. The SMILES string of the molecule is CN1C(=O)CCCC(N)C1c1ccnn1C. The lowest BCUT2D eigenvalue weighted by Crippen LogP contribution is -2.40. The van der Waals surface area contributed by atoms with Crippen molar-refractivity contribution in [3.63, 3.8) is 0 Å². The third kappa shape index (κ3) is 1.82. The molecule has 1 fully saturated rings. The summed E-state index contributed by atoms with van der Waals surface area (Å²) >= 11 is 0. The quantitative estimate of drug-likeness (QED) is 0.749. The van der Waals surface area contributed by atoms with Gasteiger partial charge >= 0.3 is 0 Å². The van der Waals surface area contributed by atoms with E-state index in [1.807, 2.05) is 20.2 Å². The maximum atomic E-state index is 11.8. The molecule has 1 saturated heterocycles. The Morgan fingerprint density at radius 1 is 1.50 bits per heavy atom. The second-order valence-electron chi connectivity index (χ2n) is 4.39. The van der Waals surface area contributed by atoms with Crippen LogP contribution in [0.15, 0.2) is 12.3 Å². The highest BCUT2D eigenvalue weighted by molar-refractivity contribution is 5.76. The zero-order valence-electron chi connectivity index (χ0n) is 9.76. The van der Waals surface area contributed by atoms with Crippen molar-refractivity contribution in [3.05, 3.63) is 18.0 Å². The Labute approximate surface area is 95.2 Å². The van der Waals surface area contributed by atoms with Crippen molar-refractivity contribution in [2.45, 2.75) is 31.3 Å². The molecule has 1 aliphatic rings. The third-order valence-corrected chi connectivity index (χ3v) is 3.31. The summed E-state index contributed by atoms with van der Waals surface area (Å²) in [7, 11) is 3.70. The number of carbonyl (C=O) groups excluding carboxylic acids is 1. The fraction of sp³-hybridized carbons (Fsp3) is 0.636. The summed E-state index contributed by atoms with van der Waals surface area (Å²) in [5.41, 5.74) is 7.16. The first-order chi connectivity index (χ1) is 7.61. The van der Waals surface area contributed by atoms with Crippen molar-refractivity contribution in [2.75, 3.05) is 7.05 Å². The molecule has 1 aromatic heterocycles. The van der Waals surface area contributed by atoms with Crippen LogP contribution in [-0.2, 0) is 11.8 Å². The largest absolute Gasteiger partial charge is 0.336 e. The molecule has 5 heteroatoms. The van der Waals surface area contributed by atoms with Gasteiger partial charge in [0.2, 0.25) is 5.91 Å². The Bertz CT molecular complexity index is 387. The van der Waals surface area contributed by atoms with E-state index >= 15 is 0 Å². The molecule has 2 heterocycles. The standard InChI is InChI=1S/C11H18N4O/c1-14-10(16)5-3-4-8(12)11(14)9-6-7-13-15(9)2/h6-8,11H,3-5,12H2,1-2H3. The van der Waals surface area contributed by atoms with E-state index in [1.165, 1.54) is 0 Å². The van der Waals surface area contributed by atoms with Gasteiger partial charge < -0.3 is 10.6 Å². The van der Waals surface area contributed by atoms with Gasteiger partial charge in [-0.2, -0.15) is 5.10 Å². The molecular formula is C11H18N4O. The van der Waals surface area contributed by atoms with Crippen LogP contribution >= 0.6 is 0 Å². The number of nitrogens with zero attached hydrogens (tertiary/aromatic N) is 3. The van der Waals surface area contributed by atoms with Gasteiger partial charge in [0, 0.05) is 32.8 Å². The summed E-state index contributed by atoms with van der Waals surface area (Å²) in [5.74, 6) is 0.166. The van der Waals surface area contributed by atoms with Crippen LogP contribution in [0.1, 0.15) is 31.0 Å². The number of hydrogen-bond acceptors (Lipinski definition) is 3. The molecule has 0 radical (unpaired) electrons. The highest BCUT2D eigenvalue weighted by Crippen LogP contribution is 2.28.